The molecule has 0 saturated carbocycles. The lowest BCUT2D eigenvalue weighted by Gasteiger charge is -2.04. The predicted molar refractivity (Wildman–Crippen MR) is 82.2 cm³/mol. The fourth-order valence-electron chi connectivity index (χ4n) is 2.52. The van der Waals surface area contributed by atoms with E-state index in [1.165, 1.54) is 47.3 Å². The third-order valence-electron chi connectivity index (χ3n) is 3.39. The Hall–Kier alpha value is -0.260. The Labute approximate surface area is 120 Å². The van der Waals surface area contributed by atoms with Gasteiger partial charge in [0.25, 0.3) is 0 Å². The van der Waals surface area contributed by atoms with Crippen molar-refractivity contribution in [3.63, 3.8) is 0 Å². The second-order valence-corrected chi connectivity index (χ2v) is 7.12. The van der Waals surface area contributed by atoms with E-state index in [1.54, 1.807) is 34.0 Å². The molecule has 0 N–H and O–H groups in total. The first kappa shape index (κ1) is 12.8. The first-order valence-corrected chi connectivity index (χ1v) is 9.50. The van der Waals surface area contributed by atoms with Gasteiger partial charge in [-0.1, -0.05) is 18.2 Å². The van der Waals surface area contributed by atoms with Crippen molar-refractivity contribution in [3.8, 4) is 0 Å². The first-order chi connectivity index (χ1) is 8.83. The summed E-state index contributed by atoms with van der Waals surface area (Å²) in [5, 5.41) is 3.43. The zero-order valence-electron chi connectivity index (χ0n) is 10.7. The van der Waals surface area contributed by atoms with Crippen molar-refractivity contribution in [2.75, 3.05) is 12.5 Å². The maximum absolute atomic E-state index is 4.69. The van der Waals surface area contributed by atoms with Gasteiger partial charge >= 0.3 is 0 Å². The van der Waals surface area contributed by atoms with Crippen molar-refractivity contribution in [2.45, 2.75) is 42.3 Å². The lowest BCUT2D eigenvalue weighted by atomic mass is 10.1. The number of aromatic nitrogens is 2. The second-order valence-electron chi connectivity index (χ2n) is 4.46. The molecule has 2 heterocycles. The zero-order valence-corrected chi connectivity index (χ0v) is 13.1. The largest absolute Gasteiger partial charge is 0.215 e. The van der Waals surface area contributed by atoms with Gasteiger partial charge in [0.15, 0.2) is 5.16 Å². The van der Waals surface area contributed by atoms with Gasteiger partial charge in [-0.25, -0.2) is 9.97 Å². The van der Waals surface area contributed by atoms with Gasteiger partial charge in [0, 0.05) is 10.3 Å². The molecule has 1 aliphatic carbocycles. The van der Waals surface area contributed by atoms with Crippen LogP contribution < -0.4 is 0 Å². The van der Waals surface area contributed by atoms with E-state index in [-0.39, 0.29) is 0 Å². The molecule has 0 aromatic carbocycles. The van der Waals surface area contributed by atoms with E-state index in [0.29, 0.717) is 0 Å². The number of thiophene rings is 1. The molecule has 5 heteroatoms. The molecule has 0 unspecified atom stereocenters. The molecule has 0 aliphatic heterocycles. The monoisotopic (exact) mass is 296 g/mol. The summed E-state index contributed by atoms with van der Waals surface area (Å²) in [4.78, 5) is 12.1. The molecule has 0 spiro atoms. The maximum Gasteiger partial charge on any atom is 0.189 e. The molecule has 0 bridgehead atoms. The van der Waals surface area contributed by atoms with Crippen LogP contribution >= 0.6 is 34.9 Å². The smallest absolute Gasteiger partial charge is 0.189 e. The van der Waals surface area contributed by atoms with Gasteiger partial charge in [-0.05, 0) is 43.8 Å². The Morgan fingerprint density at radius 2 is 1.83 bits per heavy atom. The van der Waals surface area contributed by atoms with Gasteiger partial charge in [0.05, 0.1) is 0 Å². The molecule has 18 heavy (non-hydrogen) atoms. The molecule has 0 radical (unpaired) electrons. The molecule has 2 aromatic rings. The standard InChI is InChI=1S/C13H16N2S3/c1-16-11-10-8-6-4-3-5-7-9(8)18-12(10)15-13(14-11)17-2/h3-7H2,1-2H3. The molecule has 0 amide bonds. The molecular formula is C13H16N2S3. The second kappa shape index (κ2) is 5.39. The summed E-state index contributed by atoms with van der Waals surface area (Å²) in [5.74, 6) is 0. The fourth-order valence-corrected chi connectivity index (χ4v) is 4.93. The van der Waals surface area contributed by atoms with Gasteiger partial charge in [-0.3, -0.25) is 0 Å². The van der Waals surface area contributed by atoms with Crippen molar-refractivity contribution in [3.05, 3.63) is 10.4 Å². The molecule has 0 saturated heterocycles. The fraction of sp³-hybridized carbons (Fsp3) is 0.538. The van der Waals surface area contributed by atoms with Crippen molar-refractivity contribution in [1.29, 1.82) is 0 Å². The average molecular weight is 296 g/mol. The first-order valence-electron chi connectivity index (χ1n) is 6.23. The minimum absolute atomic E-state index is 0.906. The highest BCUT2D eigenvalue weighted by atomic mass is 32.2. The molecule has 0 atom stereocenters. The summed E-state index contributed by atoms with van der Waals surface area (Å²) >= 11 is 5.28. The van der Waals surface area contributed by atoms with Crippen LogP contribution in [0.1, 0.15) is 29.7 Å². The molecule has 96 valence electrons. The number of aryl methyl sites for hydroxylation is 2. The maximum atomic E-state index is 4.69. The van der Waals surface area contributed by atoms with Crippen LogP contribution in [0.25, 0.3) is 10.2 Å². The highest BCUT2D eigenvalue weighted by molar-refractivity contribution is 7.99. The van der Waals surface area contributed by atoms with E-state index in [0.717, 1.165) is 5.16 Å². The third kappa shape index (κ3) is 2.17. The number of hydrogen-bond acceptors (Lipinski definition) is 5. The Morgan fingerprint density at radius 3 is 2.61 bits per heavy atom. The summed E-state index contributed by atoms with van der Waals surface area (Å²) in [6.45, 7) is 0. The highest BCUT2D eigenvalue weighted by Crippen LogP contribution is 2.39. The molecule has 2 nitrogen and oxygen atoms in total. The number of rotatable bonds is 2. The quantitative estimate of drug-likeness (QED) is 0.355. The summed E-state index contributed by atoms with van der Waals surface area (Å²) in [6, 6.07) is 0. The normalized spacial score (nSPS) is 15.7. The minimum Gasteiger partial charge on any atom is -0.215 e. The van der Waals surface area contributed by atoms with Gasteiger partial charge in [0.2, 0.25) is 0 Å². The van der Waals surface area contributed by atoms with Crippen LogP contribution in [0.4, 0.5) is 0 Å². The molecule has 2 aromatic heterocycles. The van der Waals surface area contributed by atoms with Crippen LogP contribution in [0.2, 0.25) is 0 Å². The Kier molecular flexibility index (Phi) is 3.82. The lowest BCUT2D eigenvalue weighted by molar-refractivity contribution is 0.713. The SMILES string of the molecule is CSc1nc(SC)c2c3c(sc2n1)CCCCC3. The molecule has 1 aliphatic rings. The summed E-state index contributed by atoms with van der Waals surface area (Å²) in [6.07, 6.45) is 10.6. The van der Waals surface area contributed by atoms with E-state index in [1.807, 2.05) is 17.6 Å². The van der Waals surface area contributed by atoms with Crippen LogP contribution in [0.3, 0.4) is 0 Å². The van der Waals surface area contributed by atoms with Crippen molar-refractivity contribution < 1.29 is 0 Å². The average Bonchev–Trinajstić information content (AvgIpc) is 2.59. The van der Waals surface area contributed by atoms with Crippen molar-refractivity contribution >= 4 is 45.1 Å². The van der Waals surface area contributed by atoms with Crippen LogP contribution in [0, 0.1) is 0 Å². The molecular weight excluding hydrogens is 280 g/mol. The number of thioether (sulfide) groups is 2. The molecule has 3 rings (SSSR count). The van der Waals surface area contributed by atoms with E-state index in [9.17, 15) is 0 Å². The van der Waals surface area contributed by atoms with Crippen molar-refractivity contribution in [1.82, 2.24) is 9.97 Å². The van der Waals surface area contributed by atoms with Crippen LogP contribution in [0.15, 0.2) is 10.2 Å². The lowest BCUT2D eigenvalue weighted by Crippen LogP contribution is -1.92. The van der Waals surface area contributed by atoms with E-state index < -0.39 is 0 Å². The summed E-state index contributed by atoms with van der Waals surface area (Å²) in [7, 11) is 0. The number of nitrogens with zero attached hydrogens (tertiary/aromatic N) is 2. The summed E-state index contributed by atoms with van der Waals surface area (Å²) in [5.41, 5.74) is 1.55. The highest BCUT2D eigenvalue weighted by Gasteiger charge is 2.19. The Balaban J connectivity index is 2.25. The van der Waals surface area contributed by atoms with E-state index in [4.69, 9.17) is 4.98 Å². The van der Waals surface area contributed by atoms with Gasteiger partial charge in [-0.2, -0.15) is 0 Å². The van der Waals surface area contributed by atoms with Crippen LogP contribution in [-0.4, -0.2) is 22.5 Å². The predicted octanol–water partition coefficient (Wildman–Crippen LogP) is 4.40. The van der Waals surface area contributed by atoms with E-state index >= 15 is 0 Å². The van der Waals surface area contributed by atoms with E-state index in [2.05, 4.69) is 11.2 Å². The van der Waals surface area contributed by atoms with Crippen LogP contribution in [0.5, 0.6) is 0 Å². The van der Waals surface area contributed by atoms with Crippen LogP contribution in [-0.2, 0) is 12.8 Å². The number of hydrogen-bond donors (Lipinski definition) is 0. The van der Waals surface area contributed by atoms with Gasteiger partial charge < -0.3 is 0 Å². The Morgan fingerprint density at radius 1 is 1.00 bits per heavy atom. The Bertz CT molecular complexity index is 577. The minimum atomic E-state index is 0.906. The third-order valence-corrected chi connectivity index (χ3v) is 5.80. The molecule has 0 fully saturated rings. The summed E-state index contributed by atoms with van der Waals surface area (Å²) < 4.78 is 0. The number of fused-ring (bicyclic) bond motifs is 3. The van der Waals surface area contributed by atoms with Gasteiger partial charge in [-0.15, -0.1) is 23.1 Å². The topological polar surface area (TPSA) is 25.8 Å². The van der Waals surface area contributed by atoms with Gasteiger partial charge in [0.1, 0.15) is 9.86 Å². The van der Waals surface area contributed by atoms with Crippen molar-refractivity contribution in [2.24, 2.45) is 0 Å². The zero-order chi connectivity index (χ0) is 12.5.